The normalized spacial score (nSPS) is 22.4. The predicted octanol–water partition coefficient (Wildman–Crippen LogP) is 2.87. The smallest absolute Gasteiger partial charge is 0.115 e. The van der Waals surface area contributed by atoms with Gasteiger partial charge in [0.15, 0.2) is 0 Å². The highest BCUT2D eigenvalue weighted by Crippen LogP contribution is 2.39. The summed E-state index contributed by atoms with van der Waals surface area (Å²) in [7, 11) is 0. The maximum Gasteiger partial charge on any atom is 0.115 e. The minimum absolute atomic E-state index is 0.300. The van der Waals surface area contributed by atoms with Crippen molar-refractivity contribution in [2.75, 3.05) is 0 Å². The van der Waals surface area contributed by atoms with Gasteiger partial charge in [-0.3, -0.25) is 0 Å². The van der Waals surface area contributed by atoms with Crippen molar-refractivity contribution in [1.29, 1.82) is 0 Å². The van der Waals surface area contributed by atoms with Crippen molar-refractivity contribution in [2.24, 2.45) is 5.73 Å². The monoisotopic (exact) mass is 225 g/mol. The van der Waals surface area contributed by atoms with Gasteiger partial charge in [-0.1, -0.05) is 36.4 Å². The third-order valence-corrected chi connectivity index (χ3v) is 3.38. The number of hydrogen-bond acceptors (Lipinski definition) is 2. The first-order valence-electron chi connectivity index (χ1n) is 5.89. The molecule has 2 atom stereocenters. The molecule has 2 heteroatoms. The third kappa shape index (κ3) is 2.04. The van der Waals surface area contributed by atoms with Crippen LogP contribution in [0.25, 0.3) is 11.1 Å². The van der Waals surface area contributed by atoms with Crippen LogP contribution in [0.15, 0.2) is 48.5 Å². The molecule has 1 saturated carbocycles. The maximum absolute atomic E-state index is 9.24. The third-order valence-electron chi connectivity index (χ3n) is 3.38. The van der Waals surface area contributed by atoms with E-state index in [1.165, 1.54) is 11.1 Å². The largest absolute Gasteiger partial charge is 0.508 e. The van der Waals surface area contributed by atoms with Gasteiger partial charge in [0.1, 0.15) is 5.75 Å². The molecule has 0 saturated heterocycles. The molecule has 2 aromatic rings. The van der Waals surface area contributed by atoms with E-state index in [1.54, 1.807) is 12.1 Å². The maximum atomic E-state index is 9.24. The number of phenols is 1. The lowest BCUT2D eigenvalue weighted by Gasteiger charge is -2.04. The van der Waals surface area contributed by atoms with Crippen LogP contribution in [-0.4, -0.2) is 11.1 Å². The number of aromatic hydroxyl groups is 1. The highest BCUT2D eigenvalue weighted by Gasteiger charge is 2.34. The fraction of sp³-hybridized carbons (Fsp3) is 0.200. The highest BCUT2D eigenvalue weighted by molar-refractivity contribution is 5.64. The SMILES string of the molecule is N[C@@H]1C[C@H]1c1ccc(-c2ccc(O)cc2)cc1. The Morgan fingerprint density at radius 2 is 1.35 bits per heavy atom. The molecule has 0 heterocycles. The molecule has 2 aromatic carbocycles. The summed E-state index contributed by atoms with van der Waals surface area (Å²) in [5.41, 5.74) is 9.46. The Hall–Kier alpha value is -1.80. The minimum atomic E-state index is 0.300. The van der Waals surface area contributed by atoms with E-state index in [9.17, 15) is 5.11 Å². The lowest BCUT2D eigenvalue weighted by atomic mass is 10.0. The van der Waals surface area contributed by atoms with Crippen LogP contribution in [0.4, 0.5) is 0 Å². The fourth-order valence-corrected chi connectivity index (χ4v) is 2.17. The molecule has 1 fully saturated rings. The summed E-state index contributed by atoms with van der Waals surface area (Å²) < 4.78 is 0. The van der Waals surface area contributed by atoms with Crippen molar-refractivity contribution in [3.05, 3.63) is 54.1 Å². The Bertz CT molecular complexity index is 516. The highest BCUT2D eigenvalue weighted by atomic mass is 16.3. The molecule has 0 unspecified atom stereocenters. The minimum Gasteiger partial charge on any atom is -0.508 e. The molecule has 1 aliphatic carbocycles. The second-order valence-corrected chi connectivity index (χ2v) is 4.67. The van der Waals surface area contributed by atoms with E-state index in [2.05, 4.69) is 24.3 Å². The molecule has 3 N–H and O–H groups in total. The molecule has 0 aliphatic heterocycles. The van der Waals surface area contributed by atoms with E-state index in [0.29, 0.717) is 17.7 Å². The van der Waals surface area contributed by atoms with Gasteiger partial charge in [0.2, 0.25) is 0 Å². The van der Waals surface area contributed by atoms with E-state index in [4.69, 9.17) is 5.73 Å². The molecule has 1 aliphatic rings. The Balaban J connectivity index is 1.86. The average Bonchev–Trinajstić information content (AvgIpc) is 3.08. The van der Waals surface area contributed by atoms with E-state index in [1.807, 2.05) is 12.1 Å². The van der Waals surface area contributed by atoms with Crippen LogP contribution in [0, 0.1) is 0 Å². The first-order chi connectivity index (χ1) is 8.24. The van der Waals surface area contributed by atoms with E-state index < -0.39 is 0 Å². The summed E-state index contributed by atoms with van der Waals surface area (Å²) in [4.78, 5) is 0. The van der Waals surface area contributed by atoms with Gasteiger partial charge in [-0.25, -0.2) is 0 Å². The summed E-state index contributed by atoms with van der Waals surface area (Å²) in [6.45, 7) is 0. The van der Waals surface area contributed by atoms with Gasteiger partial charge in [-0.15, -0.1) is 0 Å². The zero-order chi connectivity index (χ0) is 11.8. The standard InChI is InChI=1S/C15H15NO/c16-15-9-14(15)12-3-1-10(2-4-12)11-5-7-13(17)8-6-11/h1-8,14-15,17H,9,16H2/t14-,15+/m0/s1. The topological polar surface area (TPSA) is 46.2 Å². The van der Waals surface area contributed by atoms with Crippen LogP contribution < -0.4 is 5.73 Å². The molecular formula is C15H15NO. The molecule has 17 heavy (non-hydrogen) atoms. The second kappa shape index (κ2) is 3.90. The average molecular weight is 225 g/mol. The molecule has 0 aromatic heterocycles. The fourth-order valence-electron chi connectivity index (χ4n) is 2.17. The Morgan fingerprint density at radius 3 is 1.82 bits per heavy atom. The van der Waals surface area contributed by atoms with Gasteiger partial charge in [0.25, 0.3) is 0 Å². The molecule has 86 valence electrons. The molecule has 0 bridgehead atoms. The van der Waals surface area contributed by atoms with Crippen molar-refractivity contribution in [3.63, 3.8) is 0 Å². The van der Waals surface area contributed by atoms with Crippen molar-refractivity contribution in [3.8, 4) is 16.9 Å². The summed E-state index contributed by atoms with van der Waals surface area (Å²) in [5.74, 6) is 0.859. The number of rotatable bonds is 2. The van der Waals surface area contributed by atoms with Gasteiger partial charge in [0.05, 0.1) is 0 Å². The van der Waals surface area contributed by atoms with Gasteiger partial charge >= 0.3 is 0 Å². The van der Waals surface area contributed by atoms with Gasteiger partial charge in [-0.05, 0) is 35.2 Å². The first-order valence-corrected chi connectivity index (χ1v) is 5.89. The molecule has 2 nitrogen and oxygen atoms in total. The molecule has 0 spiro atoms. The number of phenolic OH excluding ortho intramolecular Hbond substituents is 1. The number of nitrogens with two attached hydrogens (primary N) is 1. The quantitative estimate of drug-likeness (QED) is 0.825. The van der Waals surface area contributed by atoms with E-state index >= 15 is 0 Å². The zero-order valence-electron chi connectivity index (χ0n) is 9.51. The van der Waals surface area contributed by atoms with Crippen LogP contribution in [0.5, 0.6) is 5.75 Å². The van der Waals surface area contributed by atoms with E-state index in [0.717, 1.165) is 12.0 Å². The van der Waals surface area contributed by atoms with Crippen molar-refractivity contribution < 1.29 is 5.11 Å². The summed E-state index contributed by atoms with van der Waals surface area (Å²) in [6, 6.07) is 16.2. The van der Waals surface area contributed by atoms with Crippen molar-refractivity contribution in [2.45, 2.75) is 18.4 Å². The Morgan fingerprint density at radius 1 is 0.882 bits per heavy atom. The second-order valence-electron chi connectivity index (χ2n) is 4.67. The van der Waals surface area contributed by atoms with Crippen LogP contribution >= 0.6 is 0 Å². The zero-order valence-corrected chi connectivity index (χ0v) is 9.51. The summed E-state index contributed by atoms with van der Waals surface area (Å²) in [5, 5.41) is 9.24. The van der Waals surface area contributed by atoms with E-state index in [-0.39, 0.29) is 0 Å². The van der Waals surface area contributed by atoms with Crippen molar-refractivity contribution >= 4 is 0 Å². The first kappa shape index (κ1) is 10.4. The van der Waals surface area contributed by atoms with Gasteiger partial charge in [0, 0.05) is 12.0 Å². The molecule has 0 amide bonds. The van der Waals surface area contributed by atoms with Crippen molar-refractivity contribution in [1.82, 2.24) is 0 Å². The van der Waals surface area contributed by atoms with Crippen LogP contribution in [0.3, 0.4) is 0 Å². The predicted molar refractivity (Wildman–Crippen MR) is 68.9 cm³/mol. The van der Waals surface area contributed by atoms with Crippen LogP contribution in [0.1, 0.15) is 17.9 Å². The Kier molecular flexibility index (Phi) is 2.37. The summed E-state index contributed by atoms with van der Waals surface area (Å²) in [6.07, 6.45) is 1.11. The lowest BCUT2D eigenvalue weighted by Crippen LogP contribution is -2.00. The molecular weight excluding hydrogens is 210 g/mol. The lowest BCUT2D eigenvalue weighted by molar-refractivity contribution is 0.475. The molecule has 3 rings (SSSR count). The van der Waals surface area contributed by atoms with Gasteiger partial charge < -0.3 is 10.8 Å². The van der Waals surface area contributed by atoms with Crippen LogP contribution in [-0.2, 0) is 0 Å². The number of benzene rings is 2. The van der Waals surface area contributed by atoms with Crippen LogP contribution in [0.2, 0.25) is 0 Å². The number of hydrogen-bond donors (Lipinski definition) is 2. The van der Waals surface area contributed by atoms with Gasteiger partial charge in [-0.2, -0.15) is 0 Å². The Labute approximate surface area is 101 Å². The summed E-state index contributed by atoms with van der Waals surface area (Å²) >= 11 is 0. The molecule has 0 radical (unpaired) electrons.